The fourth-order valence-corrected chi connectivity index (χ4v) is 0.900. The van der Waals surface area contributed by atoms with Gasteiger partial charge in [-0.05, 0) is 12.1 Å². The first-order chi connectivity index (χ1) is 7.24. The second-order valence-corrected chi connectivity index (χ2v) is 2.89. The Bertz CT molecular complexity index is 359. The molecule has 0 radical (unpaired) electrons. The second kappa shape index (κ2) is 5.60. The Morgan fingerprint density at radius 3 is 3.07 bits per heavy atom. The molecule has 0 saturated heterocycles. The summed E-state index contributed by atoms with van der Waals surface area (Å²) in [4.78, 5) is 16.4. The van der Waals surface area contributed by atoms with Gasteiger partial charge in [-0.15, -0.1) is 0 Å². The minimum Gasteiger partial charge on any atom is -0.443 e. The Morgan fingerprint density at radius 1 is 1.67 bits per heavy atom. The van der Waals surface area contributed by atoms with Gasteiger partial charge in [-0.1, -0.05) is 6.07 Å². The molecule has 1 aromatic rings. The molecule has 0 aliphatic heterocycles. The van der Waals surface area contributed by atoms with Crippen LogP contribution in [0.3, 0.4) is 0 Å². The number of hydrogen-bond donors (Lipinski definition) is 0. The molecule has 1 rings (SSSR count). The molecular formula is C10H11N3O2. The third-order valence-corrected chi connectivity index (χ3v) is 1.69. The Kier molecular flexibility index (Phi) is 4.10. The first-order valence-electron chi connectivity index (χ1n) is 4.39. The van der Waals surface area contributed by atoms with E-state index in [0.29, 0.717) is 5.69 Å². The number of ether oxygens (including phenoxy) is 1. The molecule has 78 valence electrons. The molecule has 0 atom stereocenters. The number of aromatic nitrogens is 1. The standard InChI is InChI=1S/C10H11N3O2/c1-13(7-5-11)10(14)15-8-9-4-2-3-6-12-9/h2-4,6H,7-8H2,1H3. The van der Waals surface area contributed by atoms with Gasteiger partial charge >= 0.3 is 6.09 Å². The smallest absolute Gasteiger partial charge is 0.410 e. The highest BCUT2D eigenvalue weighted by atomic mass is 16.6. The number of nitriles is 1. The van der Waals surface area contributed by atoms with Gasteiger partial charge in [-0.3, -0.25) is 9.88 Å². The van der Waals surface area contributed by atoms with E-state index in [4.69, 9.17) is 10.00 Å². The Labute approximate surface area is 87.9 Å². The lowest BCUT2D eigenvalue weighted by molar-refractivity contribution is 0.107. The van der Waals surface area contributed by atoms with Crippen molar-refractivity contribution in [2.45, 2.75) is 6.61 Å². The van der Waals surface area contributed by atoms with E-state index in [1.165, 1.54) is 11.9 Å². The van der Waals surface area contributed by atoms with Gasteiger partial charge < -0.3 is 4.74 Å². The monoisotopic (exact) mass is 205 g/mol. The minimum atomic E-state index is -0.526. The zero-order valence-electron chi connectivity index (χ0n) is 8.38. The Morgan fingerprint density at radius 2 is 2.47 bits per heavy atom. The van der Waals surface area contributed by atoms with Gasteiger partial charge in [0.2, 0.25) is 0 Å². The summed E-state index contributed by atoms with van der Waals surface area (Å²) < 4.78 is 4.92. The van der Waals surface area contributed by atoms with Gasteiger partial charge in [0.05, 0.1) is 11.8 Å². The van der Waals surface area contributed by atoms with Crippen LogP contribution in [0.2, 0.25) is 0 Å². The zero-order chi connectivity index (χ0) is 11.1. The van der Waals surface area contributed by atoms with Gasteiger partial charge in [0.15, 0.2) is 0 Å². The summed E-state index contributed by atoms with van der Waals surface area (Å²) in [5.74, 6) is 0. The number of hydrogen-bond acceptors (Lipinski definition) is 4. The molecule has 0 unspecified atom stereocenters. The second-order valence-electron chi connectivity index (χ2n) is 2.89. The average Bonchev–Trinajstić information content (AvgIpc) is 2.27. The molecule has 0 aliphatic rings. The van der Waals surface area contributed by atoms with Gasteiger partial charge in [-0.2, -0.15) is 5.26 Å². The molecule has 5 nitrogen and oxygen atoms in total. The molecule has 1 heterocycles. The number of carbonyl (C=O) groups excluding carboxylic acids is 1. The molecule has 1 aromatic heterocycles. The number of rotatable bonds is 3. The summed E-state index contributed by atoms with van der Waals surface area (Å²) >= 11 is 0. The summed E-state index contributed by atoms with van der Waals surface area (Å²) in [7, 11) is 1.50. The van der Waals surface area contributed by atoms with Crippen LogP contribution in [-0.4, -0.2) is 29.6 Å². The lowest BCUT2D eigenvalue weighted by Gasteiger charge is -2.12. The van der Waals surface area contributed by atoms with E-state index in [0.717, 1.165) is 0 Å². The maximum atomic E-state index is 11.2. The first-order valence-corrected chi connectivity index (χ1v) is 4.39. The molecule has 1 amide bonds. The van der Waals surface area contributed by atoms with Crippen molar-refractivity contribution >= 4 is 6.09 Å². The van der Waals surface area contributed by atoms with Gasteiger partial charge in [-0.25, -0.2) is 4.79 Å². The fourth-order valence-electron chi connectivity index (χ4n) is 0.900. The van der Waals surface area contributed by atoms with E-state index in [-0.39, 0.29) is 13.2 Å². The van der Waals surface area contributed by atoms with E-state index in [1.807, 2.05) is 12.1 Å². The van der Waals surface area contributed by atoms with E-state index >= 15 is 0 Å². The van der Waals surface area contributed by atoms with Crippen molar-refractivity contribution < 1.29 is 9.53 Å². The lowest BCUT2D eigenvalue weighted by Crippen LogP contribution is -2.27. The molecule has 0 spiro atoms. The van der Waals surface area contributed by atoms with Crippen LogP contribution in [0.4, 0.5) is 4.79 Å². The molecule has 0 saturated carbocycles. The van der Waals surface area contributed by atoms with Gasteiger partial charge in [0, 0.05) is 13.2 Å². The van der Waals surface area contributed by atoms with Crippen LogP contribution in [0.1, 0.15) is 5.69 Å². The van der Waals surface area contributed by atoms with Crippen molar-refractivity contribution in [1.29, 1.82) is 5.26 Å². The summed E-state index contributed by atoms with van der Waals surface area (Å²) in [6.45, 7) is 0.135. The normalized spacial score (nSPS) is 9.07. The highest BCUT2D eigenvalue weighted by molar-refractivity contribution is 5.67. The van der Waals surface area contributed by atoms with Crippen LogP contribution in [-0.2, 0) is 11.3 Å². The fraction of sp³-hybridized carbons (Fsp3) is 0.300. The van der Waals surface area contributed by atoms with Gasteiger partial charge in [0.1, 0.15) is 13.2 Å². The maximum Gasteiger partial charge on any atom is 0.410 e. The number of pyridine rings is 1. The van der Waals surface area contributed by atoms with Crippen LogP contribution in [0, 0.1) is 11.3 Å². The van der Waals surface area contributed by atoms with Crippen molar-refractivity contribution in [2.24, 2.45) is 0 Å². The quantitative estimate of drug-likeness (QED) is 0.695. The highest BCUT2D eigenvalue weighted by Crippen LogP contribution is 1.98. The third kappa shape index (κ3) is 3.65. The topological polar surface area (TPSA) is 66.2 Å². The molecule has 15 heavy (non-hydrogen) atoms. The zero-order valence-corrected chi connectivity index (χ0v) is 8.38. The largest absolute Gasteiger partial charge is 0.443 e. The van der Waals surface area contributed by atoms with E-state index in [2.05, 4.69) is 4.98 Å². The Balaban J connectivity index is 2.38. The predicted molar refractivity (Wildman–Crippen MR) is 52.7 cm³/mol. The van der Waals surface area contributed by atoms with Crippen LogP contribution in [0.25, 0.3) is 0 Å². The van der Waals surface area contributed by atoms with Gasteiger partial charge in [0.25, 0.3) is 0 Å². The number of nitrogens with zero attached hydrogens (tertiary/aromatic N) is 3. The molecule has 5 heteroatoms. The molecule has 0 aliphatic carbocycles. The third-order valence-electron chi connectivity index (χ3n) is 1.69. The van der Waals surface area contributed by atoms with Crippen LogP contribution < -0.4 is 0 Å². The molecule has 0 bridgehead atoms. The van der Waals surface area contributed by atoms with Crippen molar-refractivity contribution in [3.63, 3.8) is 0 Å². The van der Waals surface area contributed by atoms with E-state index in [9.17, 15) is 4.79 Å². The van der Waals surface area contributed by atoms with E-state index in [1.54, 1.807) is 18.3 Å². The van der Waals surface area contributed by atoms with Crippen LogP contribution >= 0.6 is 0 Å². The van der Waals surface area contributed by atoms with Crippen LogP contribution in [0.15, 0.2) is 24.4 Å². The summed E-state index contributed by atoms with van der Waals surface area (Å²) in [5, 5.41) is 8.36. The lowest BCUT2D eigenvalue weighted by atomic mass is 10.4. The molecule has 0 aromatic carbocycles. The van der Waals surface area contributed by atoms with E-state index < -0.39 is 6.09 Å². The average molecular weight is 205 g/mol. The highest BCUT2D eigenvalue weighted by Gasteiger charge is 2.08. The maximum absolute atomic E-state index is 11.2. The summed E-state index contributed by atoms with van der Waals surface area (Å²) in [6, 6.07) is 7.22. The first kappa shape index (κ1) is 11.0. The molecule has 0 N–H and O–H groups in total. The van der Waals surface area contributed by atoms with Crippen molar-refractivity contribution in [3.8, 4) is 6.07 Å². The van der Waals surface area contributed by atoms with Crippen molar-refractivity contribution in [1.82, 2.24) is 9.88 Å². The van der Waals surface area contributed by atoms with Crippen LogP contribution in [0.5, 0.6) is 0 Å². The molecule has 0 fully saturated rings. The summed E-state index contributed by atoms with van der Waals surface area (Å²) in [5.41, 5.74) is 0.677. The predicted octanol–water partition coefficient (Wildman–Crippen LogP) is 1.17. The molecular weight excluding hydrogens is 194 g/mol. The summed E-state index contributed by atoms with van der Waals surface area (Å²) in [6.07, 6.45) is 1.10. The SMILES string of the molecule is CN(CC#N)C(=O)OCc1ccccn1. The minimum absolute atomic E-state index is 0.0149. The van der Waals surface area contributed by atoms with Crippen molar-refractivity contribution in [3.05, 3.63) is 30.1 Å². The number of amides is 1. The Hall–Kier alpha value is -2.09. The number of carbonyl (C=O) groups is 1. The van der Waals surface area contributed by atoms with Crippen molar-refractivity contribution in [2.75, 3.05) is 13.6 Å².